The third-order valence-electron chi connectivity index (χ3n) is 4.04. The maximum atomic E-state index is 11.7. The van der Waals surface area contributed by atoms with Crippen molar-refractivity contribution in [2.75, 3.05) is 11.4 Å². The Bertz CT molecular complexity index is 494. The van der Waals surface area contributed by atoms with Gasteiger partial charge in [0.05, 0.1) is 11.3 Å². The van der Waals surface area contributed by atoms with Gasteiger partial charge in [-0.15, -0.1) is 11.3 Å². The molecule has 0 bridgehead atoms. The highest BCUT2D eigenvalue weighted by Gasteiger charge is 2.34. The van der Waals surface area contributed by atoms with Crippen LogP contribution in [-0.2, 0) is 11.3 Å². The van der Waals surface area contributed by atoms with Gasteiger partial charge in [0.25, 0.3) is 0 Å². The van der Waals surface area contributed by atoms with E-state index in [4.69, 9.17) is 0 Å². The normalized spacial score (nSPS) is 20.5. The van der Waals surface area contributed by atoms with Crippen LogP contribution in [0.5, 0.6) is 0 Å². The highest BCUT2D eigenvalue weighted by atomic mass is 32.1. The topological polar surface area (TPSA) is 65.5 Å². The molecule has 1 aromatic heterocycles. The summed E-state index contributed by atoms with van der Waals surface area (Å²) in [5.41, 5.74) is 0.443. The molecule has 2 fully saturated rings. The summed E-state index contributed by atoms with van der Waals surface area (Å²) < 4.78 is 0. The first-order valence-electron chi connectivity index (χ1n) is 7.25. The number of anilines is 1. The van der Waals surface area contributed by atoms with Crippen molar-refractivity contribution in [1.29, 1.82) is 0 Å². The molecule has 2 aliphatic rings. The molecule has 1 heterocycles. The summed E-state index contributed by atoms with van der Waals surface area (Å²) in [6, 6.07) is 0.357. The maximum Gasteiger partial charge on any atom is 0.225 e. The van der Waals surface area contributed by atoms with Gasteiger partial charge < -0.3 is 10.4 Å². The molecule has 6 heteroatoms. The number of aliphatic hydroxyl groups is 1. The van der Waals surface area contributed by atoms with Crippen LogP contribution in [0.3, 0.4) is 0 Å². The van der Waals surface area contributed by atoms with E-state index >= 15 is 0 Å². The Balaban J connectivity index is 1.54. The van der Waals surface area contributed by atoms with Crippen LogP contribution in [0, 0.1) is 0 Å². The van der Waals surface area contributed by atoms with Crippen molar-refractivity contribution in [3.8, 4) is 0 Å². The summed E-state index contributed by atoms with van der Waals surface area (Å²) >= 11 is 1.52. The lowest BCUT2D eigenvalue weighted by Crippen LogP contribution is -2.46. The molecule has 0 unspecified atom stereocenters. The number of nitrogens with one attached hydrogen (secondary N) is 1. The minimum absolute atomic E-state index is 0.0742. The van der Waals surface area contributed by atoms with Gasteiger partial charge in [-0.1, -0.05) is 0 Å². The number of carbonyl (C=O) groups is 1. The molecule has 2 N–H and O–H groups in total. The summed E-state index contributed by atoms with van der Waals surface area (Å²) in [6.45, 7) is 2.87. The Kier molecular flexibility index (Phi) is 3.79. The first-order valence-corrected chi connectivity index (χ1v) is 8.13. The van der Waals surface area contributed by atoms with Gasteiger partial charge in [0.15, 0.2) is 5.13 Å². The largest absolute Gasteiger partial charge is 0.389 e. The first-order chi connectivity index (χ1) is 9.57. The van der Waals surface area contributed by atoms with Gasteiger partial charge in [-0.2, -0.15) is 0 Å². The molecule has 0 radical (unpaired) electrons. The van der Waals surface area contributed by atoms with Crippen LogP contribution in [0.15, 0.2) is 5.38 Å². The number of hydrogen-bond donors (Lipinski definition) is 2. The number of aromatic nitrogens is 1. The molecule has 2 saturated carbocycles. The van der Waals surface area contributed by atoms with Crippen molar-refractivity contribution in [2.24, 2.45) is 0 Å². The molecular weight excluding hydrogens is 274 g/mol. The molecular formula is C14H21N3O2S. The summed E-state index contributed by atoms with van der Waals surface area (Å²) in [4.78, 5) is 18.0. The molecule has 0 saturated heterocycles. The van der Waals surface area contributed by atoms with Crippen LogP contribution in [0.2, 0.25) is 0 Å². The predicted octanol–water partition coefficient (Wildman–Crippen LogP) is 1.66. The summed E-state index contributed by atoms with van der Waals surface area (Å²) in [6.07, 6.45) is 5.07. The molecule has 5 nitrogen and oxygen atoms in total. The Labute approximate surface area is 123 Å². The van der Waals surface area contributed by atoms with Gasteiger partial charge in [-0.25, -0.2) is 4.98 Å². The molecule has 0 aliphatic heterocycles. The maximum absolute atomic E-state index is 11.7. The molecule has 1 aromatic rings. The molecule has 2 aliphatic carbocycles. The van der Waals surface area contributed by atoms with E-state index in [2.05, 4.69) is 10.3 Å². The fourth-order valence-corrected chi connectivity index (χ4v) is 3.49. The van der Waals surface area contributed by atoms with E-state index in [1.54, 1.807) is 6.92 Å². The van der Waals surface area contributed by atoms with Crippen LogP contribution in [0.1, 0.15) is 44.7 Å². The number of amides is 1. The van der Waals surface area contributed by atoms with Crippen molar-refractivity contribution in [1.82, 2.24) is 10.3 Å². The average molecular weight is 295 g/mol. The van der Waals surface area contributed by atoms with E-state index in [1.165, 1.54) is 11.3 Å². The van der Waals surface area contributed by atoms with E-state index < -0.39 is 5.60 Å². The third-order valence-corrected chi connectivity index (χ3v) is 4.93. The van der Waals surface area contributed by atoms with Crippen LogP contribution in [-0.4, -0.2) is 34.2 Å². The zero-order valence-electron chi connectivity index (χ0n) is 11.8. The first kappa shape index (κ1) is 14.0. The summed E-state index contributed by atoms with van der Waals surface area (Å²) in [5, 5.41) is 16.1. The Morgan fingerprint density at radius 1 is 1.60 bits per heavy atom. The number of thiazole rings is 1. The number of rotatable bonds is 6. The molecule has 1 amide bonds. The van der Waals surface area contributed by atoms with E-state index in [0.717, 1.165) is 42.9 Å². The number of nitrogens with zero attached hydrogens (tertiary/aromatic N) is 2. The zero-order valence-corrected chi connectivity index (χ0v) is 12.6. The minimum atomic E-state index is -0.502. The highest BCUT2D eigenvalue weighted by molar-refractivity contribution is 7.14. The van der Waals surface area contributed by atoms with E-state index in [-0.39, 0.29) is 5.91 Å². The van der Waals surface area contributed by atoms with Crippen LogP contribution in [0.25, 0.3) is 0 Å². The van der Waals surface area contributed by atoms with Gasteiger partial charge >= 0.3 is 0 Å². The summed E-state index contributed by atoms with van der Waals surface area (Å²) in [5.74, 6) is 0.0742. The molecule has 3 rings (SSSR count). The predicted molar refractivity (Wildman–Crippen MR) is 78.8 cm³/mol. The second kappa shape index (κ2) is 5.42. The second-order valence-corrected chi connectivity index (χ2v) is 6.76. The smallest absolute Gasteiger partial charge is 0.225 e. The lowest BCUT2D eigenvalue weighted by atomic mass is 9.80. The van der Waals surface area contributed by atoms with Crippen molar-refractivity contribution >= 4 is 22.4 Å². The number of carbonyl (C=O) groups excluding carboxylic acids is 1. The van der Waals surface area contributed by atoms with Crippen LogP contribution < -0.4 is 10.2 Å². The second-order valence-electron chi connectivity index (χ2n) is 5.92. The fraction of sp³-hybridized carbons (Fsp3) is 0.714. The van der Waals surface area contributed by atoms with E-state index in [0.29, 0.717) is 19.1 Å². The van der Waals surface area contributed by atoms with Crippen molar-refractivity contribution in [3.05, 3.63) is 11.1 Å². The molecule has 20 heavy (non-hydrogen) atoms. The quantitative estimate of drug-likeness (QED) is 0.838. The van der Waals surface area contributed by atoms with Crippen LogP contribution >= 0.6 is 11.3 Å². The van der Waals surface area contributed by atoms with Gasteiger partial charge in [0, 0.05) is 31.4 Å². The third kappa shape index (κ3) is 3.02. The zero-order chi connectivity index (χ0) is 14.2. The fourth-order valence-electron chi connectivity index (χ4n) is 2.55. The monoisotopic (exact) mass is 295 g/mol. The van der Waals surface area contributed by atoms with E-state index in [9.17, 15) is 9.90 Å². The summed E-state index contributed by atoms with van der Waals surface area (Å²) in [7, 11) is 0. The standard InChI is InChI=1S/C14H21N3O2S/c1-10(18)17(12-3-4-12)13-16-11(8-20-13)7-15-9-14(19)5-2-6-14/h8,12,15,19H,2-7,9H2,1H3. The van der Waals surface area contributed by atoms with Crippen molar-refractivity contribution < 1.29 is 9.90 Å². The Morgan fingerprint density at radius 2 is 2.35 bits per heavy atom. The van der Waals surface area contributed by atoms with Crippen molar-refractivity contribution in [3.63, 3.8) is 0 Å². The van der Waals surface area contributed by atoms with Gasteiger partial charge in [0.2, 0.25) is 5.91 Å². The molecule has 0 spiro atoms. The van der Waals surface area contributed by atoms with Crippen LogP contribution in [0.4, 0.5) is 5.13 Å². The van der Waals surface area contributed by atoms with Crippen molar-refractivity contribution in [2.45, 2.75) is 57.2 Å². The lowest BCUT2D eigenvalue weighted by Gasteiger charge is -2.36. The SMILES string of the molecule is CC(=O)N(c1nc(CNCC2(O)CCC2)cs1)C1CC1. The highest BCUT2D eigenvalue weighted by Crippen LogP contribution is 2.34. The average Bonchev–Trinajstić information content (AvgIpc) is 3.07. The minimum Gasteiger partial charge on any atom is -0.389 e. The lowest BCUT2D eigenvalue weighted by molar-refractivity contribution is -0.116. The molecule has 110 valence electrons. The number of hydrogen-bond acceptors (Lipinski definition) is 5. The van der Waals surface area contributed by atoms with E-state index in [1.807, 2.05) is 10.3 Å². The molecule has 0 atom stereocenters. The van der Waals surface area contributed by atoms with Gasteiger partial charge in [-0.05, 0) is 32.1 Å². The van der Waals surface area contributed by atoms with Gasteiger partial charge in [-0.3, -0.25) is 9.69 Å². The Hall–Kier alpha value is -0.980. The Morgan fingerprint density at radius 3 is 2.90 bits per heavy atom. The van der Waals surface area contributed by atoms with Gasteiger partial charge in [0.1, 0.15) is 0 Å². The molecule has 0 aromatic carbocycles.